The van der Waals surface area contributed by atoms with E-state index in [1.165, 1.54) is 6.07 Å². The summed E-state index contributed by atoms with van der Waals surface area (Å²) in [6, 6.07) is 10.7. The number of anilines is 2. The molecule has 0 saturated carbocycles. The molecule has 0 bridgehead atoms. The van der Waals surface area contributed by atoms with Crippen LogP contribution in [0.1, 0.15) is 30.0 Å². The van der Waals surface area contributed by atoms with E-state index in [-0.39, 0.29) is 24.7 Å². The molecule has 1 unspecified atom stereocenters. The van der Waals surface area contributed by atoms with Crippen LogP contribution in [0.15, 0.2) is 42.5 Å². The average Bonchev–Trinajstić information content (AvgIpc) is 2.60. The summed E-state index contributed by atoms with van der Waals surface area (Å²) in [5.74, 6) is -0.514. The molecule has 1 heterocycles. The van der Waals surface area contributed by atoms with Gasteiger partial charge in [0.2, 0.25) is 5.91 Å². The van der Waals surface area contributed by atoms with Crippen molar-refractivity contribution in [2.24, 2.45) is 5.92 Å². The molecular weight excluding hydrogens is 377 g/mol. The lowest BCUT2D eigenvalue weighted by atomic mass is 9.95. The standard InChI is InChI=1S/C20H21F3N2O.ClH/c1-13(11-14-5-2-6-15(12-14)20(21,22)23)19(26)25-10-4-7-16-17(24)8-3-9-18(16)25;/h2-3,5-6,8-9,12-13H,4,7,10-11,24H2,1H3;1H. The zero-order valence-corrected chi connectivity index (χ0v) is 15.7. The minimum Gasteiger partial charge on any atom is -0.398 e. The minimum absolute atomic E-state index is 0. The lowest BCUT2D eigenvalue weighted by molar-refractivity contribution is -0.137. The number of halogens is 4. The third-order valence-electron chi connectivity index (χ3n) is 4.77. The van der Waals surface area contributed by atoms with E-state index in [0.717, 1.165) is 36.2 Å². The van der Waals surface area contributed by atoms with E-state index < -0.39 is 17.7 Å². The normalized spacial score (nSPS) is 14.9. The highest BCUT2D eigenvalue weighted by Crippen LogP contribution is 2.33. The highest BCUT2D eigenvalue weighted by molar-refractivity contribution is 5.97. The predicted molar refractivity (Wildman–Crippen MR) is 103 cm³/mol. The molecule has 3 nitrogen and oxygen atoms in total. The second-order valence-electron chi connectivity index (χ2n) is 6.74. The van der Waals surface area contributed by atoms with Crippen LogP contribution in [-0.2, 0) is 23.8 Å². The molecule has 27 heavy (non-hydrogen) atoms. The number of carbonyl (C=O) groups is 1. The number of nitrogens with zero attached hydrogens (tertiary/aromatic N) is 1. The van der Waals surface area contributed by atoms with Crippen LogP contribution in [0.25, 0.3) is 0 Å². The molecule has 1 aliphatic rings. The number of nitrogens with two attached hydrogens (primary N) is 1. The first-order chi connectivity index (χ1) is 12.3. The Morgan fingerprint density at radius 2 is 1.93 bits per heavy atom. The van der Waals surface area contributed by atoms with Crippen LogP contribution in [0.2, 0.25) is 0 Å². The molecular formula is C20H22ClF3N2O. The monoisotopic (exact) mass is 398 g/mol. The van der Waals surface area contributed by atoms with Gasteiger partial charge in [-0.1, -0.05) is 31.2 Å². The second-order valence-corrected chi connectivity index (χ2v) is 6.74. The minimum atomic E-state index is -4.38. The molecule has 1 aliphatic heterocycles. The van der Waals surface area contributed by atoms with Gasteiger partial charge in [-0.2, -0.15) is 13.2 Å². The van der Waals surface area contributed by atoms with Gasteiger partial charge in [-0.15, -0.1) is 12.4 Å². The zero-order chi connectivity index (χ0) is 18.9. The molecule has 2 aromatic rings. The van der Waals surface area contributed by atoms with Crippen molar-refractivity contribution in [2.45, 2.75) is 32.4 Å². The van der Waals surface area contributed by atoms with Crippen molar-refractivity contribution in [2.75, 3.05) is 17.2 Å². The molecule has 2 N–H and O–H groups in total. The quantitative estimate of drug-likeness (QED) is 0.750. The van der Waals surface area contributed by atoms with Crippen molar-refractivity contribution in [3.8, 4) is 0 Å². The largest absolute Gasteiger partial charge is 0.416 e. The van der Waals surface area contributed by atoms with Gasteiger partial charge in [-0.3, -0.25) is 4.79 Å². The summed E-state index contributed by atoms with van der Waals surface area (Å²) < 4.78 is 38.6. The van der Waals surface area contributed by atoms with E-state index >= 15 is 0 Å². The lowest BCUT2D eigenvalue weighted by Crippen LogP contribution is -2.39. The fourth-order valence-corrected chi connectivity index (χ4v) is 3.46. The van der Waals surface area contributed by atoms with Crippen LogP contribution in [0.4, 0.5) is 24.5 Å². The molecule has 0 saturated heterocycles. The Kier molecular flexibility index (Phi) is 6.42. The number of fused-ring (bicyclic) bond motifs is 1. The highest BCUT2D eigenvalue weighted by Gasteiger charge is 2.31. The third-order valence-corrected chi connectivity index (χ3v) is 4.77. The van der Waals surface area contributed by atoms with Crippen LogP contribution in [0, 0.1) is 5.92 Å². The summed E-state index contributed by atoms with van der Waals surface area (Å²) in [6.07, 6.45) is -2.47. The maximum absolute atomic E-state index is 12.9. The topological polar surface area (TPSA) is 46.3 Å². The van der Waals surface area contributed by atoms with Crippen molar-refractivity contribution < 1.29 is 18.0 Å². The number of hydrogen-bond donors (Lipinski definition) is 1. The summed E-state index contributed by atoms with van der Waals surface area (Å²) >= 11 is 0. The summed E-state index contributed by atoms with van der Waals surface area (Å²) in [5, 5.41) is 0. The van der Waals surface area contributed by atoms with Gasteiger partial charge in [0.15, 0.2) is 0 Å². The van der Waals surface area contributed by atoms with Gasteiger partial charge in [0.05, 0.1) is 5.56 Å². The van der Waals surface area contributed by atoms with Crippen molar-refractivity contribution in [3.05, 3.63) is 59.2 Å². The van der Waals surface area contributed by atoms with Gasteiger partial charge < -0.3 is 10.6 Å². The van der Waals surface area contributed by atoms with Gasteiger partial charge in [-0.05, 0) is 48.6 Å². The Labute approximate surface area is 162 Å². The van der Waals surface area contributed by atoms with Crippen LogP contribution in [-0.4, -0.2) is 12.5 Å². The van der Waals surface area contributed by atoms with E-state index in [0.29, 0.717) is 17.8 Å². The van der Waals surface area contributed by atoms with Gasteiger partial charge >= 0.3 is 6.18 Å². The number of hydrogen-bond acceptors (Lipinski definition) is 2. The molecule has 146 valence electrons. The summed E-state index contributed by atoms with van der Waals surface area (Å²) in [5.41, 5.74) is 8.29. The van der Waals surface area contributed by atoms with Crippen LogP contribution < -0.4 is 10.6 Å². The van der Waals surface area contributed by atoms with Crippen molar-refractivity contribution >= 4 is 29.7 Å². The number of alkyl halides is 3. The number of carbonyl (C=O) groups excluding carboxylic acids is 1. The van der Waals surface area contributed by atoms with Gasteiger partial charge in [0.1, 0.15) is 0 Å². The second kappa shape index (κ2) is 8.21. The average molecular weight is 399 g/mol. The summed E-state index contributed by atoms with van der Waals surface area (Å²) in [4.78, 5) is 14.6. The Bertz CT molecular complexity index is 823. The van der Waals surface area contributed by atoms with E-state index in [4.69, 9.17) is 5.73 Å². The van der Waals surface area contributed by atoms with Crippen LogP contribution >= 0.6 is 12.4 Å². The molecule has 1 atom stereocenters. The first-order valence-corrected chi connectivity index (χ1v) is 8.62. The molecule has 7 heteroatoms. The fourth-order valence-electron chi connectivity index (χ4n) is 3.46. The van der Waals surface area contributed by atoms with Crippen LogP contribution in [0.5, 0.6) is 0 Å². The Morgan fingerprint density at radius 3 is 2.63 bits per heavy atom. The Hall–Kier alpha value is -2.21. The van der Waals surface area contributed by atoms with Crippen molar-refractivity contribution in [1.29, 1.82) is 0 Å². The van der Waals surface area contributed by atoms with Crippen molar-refractivity contribution in [3.63, 3.8) is 0 Å². The van der Waals surface area contributed by atoms with Gasteiger partial charge in [0, 0.05) is 23.8 Å². The molecule has 0 spiro atoms. The van der Waals surface area contributed by atoms with Crippen molar-refractivity contribution in [1.82, 2.24) is 0 Å². The number of benzene rings is 2. The first-order valence-electron chi connectivity index (χ1n) is 8.62. The molecule has 2 aromatic carbocycles. The smallest absolute Gasteiger partial charge is 0.398 e. The molecule has 0 fully saturated rings. The Balaban J connectivity index is 0.00000261. The lowest BCUT2D eigenvalue weighted by Gasteiger charge is -2.32. The molecule has 0 aromatic heterocycles. The zero-order valence-electron chi connectivity index (χ0n) is 14.9. The Morgan fingerprint density at radius 1 is 1.22 bits per heavy atom. The first kappa shape index (κ1) is 21.1. The van der Waals surface area contributed by atoms with Gasteiger partial charge in [-0.25, -0.2) is 0 Å². The SMILES string of the molecule is CC(Cc1cccc(C(F)(F)F)c1)C(=O)N1CCCc2c(N)cccc21.Cl. The van der Waals surface area contributed by atoms with Crippen LogP contribution in [0.3, 0.4) is 0 Å². The van der Waals surface area contributed by atoms with Gasteiger partial charge in [0.25, 0.3) is 0 Å². The molecule has 0 aliphatic carbocycles. The van der Waals surface area contributed by atoms with E-state index in [1.807, 2.05) is 18.2 Å². The van der Waals surface area contributed by atoms with E-state index in [1.54, 1.807) is 17.9 Å². The number of nitrogen functional groups attached to an aromatic ring is 1. The fraction of sp³-hybridized carbons (Fsp3) is 0.350. The number of amides is 1. The molecule has 3 rings (SSSR count). The molecule has 0 radical (unpaired) electrons. The summed E-state index contributed by atoms with van der Waals surface area (Å²) in [6.45, 7) is 2.35. The van der Waals surface area contributed by atoms with E-state index in [9.17, 15) is 18.0 Å². The van der Waals surface area contributed by atoms with E-state index in [2.05, 4.69) is 0 Å². The predicted octanol–water partition coefficient (Wildman–Crippen LogP) is 4.87. The third kappa shape index (κ3) is 4.56. The maximum Gasteiger partial charge on any atom is 0.416 e. The summed E-state index contributed by atoms with van der Waals surface area (Å²) in [7, 11) is 0. The molecule has 1 amide bonds. The number of rotatable bonds is 3. The maximum atomic E-state index is 12.9. The highest BCUT2D eigenvalue weighted by atomic mass is 35.5.